The summed E-state index contributed by atoms with van der Waals surface area (Å²) in [7, 11) is 0. The number of hydrogen-bond donors (Lipinski definition) is 1. The molecule has 2 aliphatic heterocycles. The zero-order chi connectivity index (χ0) is 12.9. The maximum atomic E-state index is 12.1. The lowest BCUT2D eigenvalue weighted by Gasteiger charge is -2.22. The van der Waals surface area contributed by atoms with E-state index < -0.39 is 11.1 Å². The van der Waals surface area contributed by atoms with Crippen molar-refractivity contribution < 1.29 is 13.6 Å². The molecule has 0 saturated carbocycles. The normalized spacial score (nSPS) is 19.3. The van der Waals surface area contributed by atoms with Crippen molar-refractivity contribution in [2.45, 2.75) is 11.3 Å². The average Bonchev–Trinajstić information content (AvgIpc) is 2.62. The molecular formula is C11H9ClN2O3S. The third kappa shape index (κ3) is 1.60. The smallest absolute Gasteiger partial charge is 0.230 e. The third-order valence-corrected chi connectivity index (χ3v) is 4.17. The molecule has 0 bridgehead atoms. The maximum absolute atomic E-state index is 12.1. The number of amidine groups is 1. The molecule has 0 fully saturated rings. The van der Waals surface area contributed by atoms with Gasteiger partial charge in [-0.05, 0) is 18.6 Å². The second-order valence-electron chi connectivity index (χ2n) is 4.09. The predicted octanol–water partition coefficient (Wildman–Crippen LogP) is 1.73. The summed E-state index contributed by atoms with van der Waals surface area (Å²) in [6, 6.07) is 2.95. The Hall–Kier alpha value is -1.24. The molecule has 0 amide bonds. The monoisotopic (exact) mass is 284 g/mol. The number of aliphatic imine (C=N–C) groups is 1. The number of carbonyl (C=O) groups is 1. The van der Waals surface area contributed by atoms with Crippen molar-refractivity contribution in [2.24, 2.45) is 4.99 Å². The maximum Gasteiger partial charge on any atom is 0.230 e. The van der Waals surface area contributed by atoms with E-state index in [4.69, 9.17) is 16.2 Å². The fourth-order valence-electron chi connectivity index (χ4n) is 2.24. The van der Waals surface area contributed by atoms with Crippen LogP contribution in [0.15, 0.2) is 22.0 Å². The van der Waals surface area contributed by atoms with E-state index in [2.05, 4.69) is 4.99 Å². The van der Waals surface area contributed by atoms with Crippen LogP contribution in [0, 0.1) is 0 Å². The van der Waals surface area contributed by atoms with Gasteiger partial charge in [0.2, 0.25) is 5.78 Å². The first kappa shape index (κ1) is 11.8. The Morgan fingerprint density at radius 3 is 2.94 bits per heavy atom. The number of fused-ring (bicyclic) bond motifs is 3. The van der Waals surface area contributed by atoms with Crippen LogP contribution in [0.5, 0.6) is 0 Å². The number of halogens is 1. The van der Waals surface area contributed by atoms with Gasteiger partial charge in [-0.15, -0.1) is 0 Å². The number of ketones is 1. The van der Waals surface area contributed by atoms with Crippen molar-refractivity contribution in [3.05, 3.63) is 22.7 Å². The first-order valence-corrected chi connectivity index (χ1v) is 6.89. The number of carbonyl (C=O) groups excluding carboxylic acids is 1. The van der Waals surface area contributed by atoms with Gasteiger partial charge < -0.3 is 9.45 Å². The average molecular weight is 285 g/mol. The highest BCUT2D eigenvalue weighted by molar-refractivity contribution is 7.79. The van der Waals surface area contributed by atoms with Gasteiger partial charge in [-0.1, -0.05) is 11.6 Å². The summed E-state index contributed by atoms with van der Waals surface area (Å²) < 4.78 is 20.2. The third-order valence-electron chi connectivity index (χ3n) is 3.03. The molecule has 0 saturated heterocycles. The molecule has 94 valence electrons. The van der Waals surface area contributed by atoms with Crippen LogP contribution in [0.25, 0.3) is 0 Å². The minimum absolute atomic E-state index is 0.0595. The van der Waals surface area contributed by atoms with Crippen LogP contribution in [0.3, 0.4) is 0 Å². The van der Waals surface area contributed by atoms with Gasteiger partial charge in [-0.2, -0.15) is 0 Å². The lowest BCUT2D eigenvalue weighted by Crippen LogP contribution is -2.34. The largest absolute Gasteiger partial charge is 0.323 e. The predicted molar refractivity (Wildman–Crippen MR) is 69.1 cm³/mol. The molecule has 3 rings (SSSR count). The van der Waals surface area contributed by atoms with Crippen molar-refractivity contribution in [1.29, 1.82) is 0 Å². The van der Waals surface area contributed by atoms with Gasteiger partial charge in [0.05, 0.1) is 21.2 Å². The number of Topliss-reactive ketones (excluding diaryl/α,β-unsaturated/α-hetero) is 1. The molecule has 5 nitrogen and oxygen atoms in total. The second kappa shape index (κ2) is 4.15. The van der Waals surface area contributed by atoms with Crippen molar-refractivity contribution in [3.63, 3.8) is 0 Å². The summed E-state index contributed by atoms with van der Waals surface area (Å²) in [5.74, 6) is 0.209. The molecule has 1 aromatic carbocycles. The summed E-state index contributed by atoms with van der Waals surface area (Å²) >= 11 is 3.75. The number of benzene rings is 1. The van der Waals surface area contributed by atoms with Gasteiger partial charge in [0.15, 0.2) is 16.9 Å². The van der Waals surface area contributed by atoms with Crippen molar-refractivity contribution in [3.8, 4) is 0 Å². The van der Waals surface area contributed by atoms with Gasteiger partial charge in [0, 0.05) is 13.1 Å². The molecule has 1 atom stereocenters. The Morgan fingerprint density at radius 1 is 1.44 bits per heavy atom. The zero-order valence-electron chi connectivity index (χ0n) is 9.22. The SMILES string of the molecule is O=C1C2=NCCCN2c2cc(Cl)c(S(=O)O)cc21. The fraction of sp³-hybridized carbons (Fsp3) is 0.273. The van der Waals surface area contributed by atoms with Gasteiger partial charge in [-0.3, -0.25) is 9.79 Å². The lowest BCUT2D eigenvalue weighted by atomic mass is 10.1. The molecule has 2 aliphatic rings. The van der Waals surface area contributed by atoms with Crippen LogP contribution in [-0.2, 0) is 11.1 Å². The van der Waals surface area contributed by atoms with Crippen molar-refractivity contribution in [1.82, 2.24) is 0 Å². The Labute approximate surface area is 111 Å². The Kier molecular flexibility index (Phi) is 2.73. The van der Waals surface area contributed by atoms with E-state index in [1.807, 2.05) is 4.90 Å². The van der Waals surface area contributed by atoms with Gasteiger partial charge in [0.25, 0.3) is 0 Å². The summed E-state index contributed by atoms with van der Waals surface area (Å²) in [6.07, 6.45) is 0.877. The Balaban J connectivity index is 2.21. The zero-order valence-corrected chi connectivity index (χ0v) is 10.8. The second-order valence-corrected chi connectivity index (χ2v) is 5.43. The van der Waals surface area contributed by atoms with E-state index in [-0.39, 0.29) is 15.7 Å². The molecule has 7 heteroatoms. The van der Waals surface area contributed by atoms with E-state index in [1.54, 1.807) is 6.07 Å². The van der Waals surface area contributed by atoms with Crippen LogP contribution >= 0.6 is 11.6 Å². The molecule has 1 aromatic rings. The molecule has 0 aliphatic carbocycles. The van der Waals surface area contributed by atoms with Gasteiger partial charge >= 0.3 is 0 Å². The summed E-state index contributed by atoms with van der Waals surface area (Å²) in [5, 5.41) is 0.189. The van der Waals surface area contributed by atoms with E-state index in [9.17, 15) is 9.00 Å². The lowest BCUT2D eigenvalue weighted by molar-refractivity contribution is 0.106. The van der Waals surface area contributed by atoms with E-state index >= 15 is 0 Å². The van der Waals surface area contributed by atoms with Gasteiger partial charge in [0.1, 0.15) is 0 Å². The standard InChI is InChI=1S/C11H9ClN2O3S/c12-7-5-8-6(4-9(7)18(16)17)10(15)11-13-2-1-3-14(8)11/h4-5H,1-3H2,(H,16,17). The first-order chi connectivity index (χ1) is 8.59. The highest BCUT2D eigenvalue weighted by Crippen LogP contribution is 2.36. The molecule has 0 spiro atoms. The number of hydrogen-bond acceptors (Lipinski definition) is 4. The van der Waals surface area contributed by atoms with Crippen LogP contribution in [-0.4, -0.2) is 33.5 Å². The minimum atomic E-state index is -2.20. The Bertz CT molecular complexity index is 615. The van der Waals surface area contributed by atoms with Crippen LogP contribution < -0.4 is 4.90 Å². The quantitative estimate of drug-likeness (QED) is 0.797. The molecule has 1 unspecified atom stereocenters. The number of nitrogens with zero attached hydrogens (tertiary/aromatic N) is 2. The van der Waals surface area contributed by atoms with Crippen molar-refractivity contribution >= 4 is 40.0 Å². The topological polar surface area (TPSA) is 70.0 Å². The van der Waals surface area contributed by atoms with Crippen LogP contribution in [0.2, 0.25) is 5.02 Å². The molecule has 2 heterocycles. The molecule has 0 aromatic heterocycles. The minimum Gasteiger partial charge on any atom is -0.323 e. The number of anilines is 1. The molecule has 0 radical (unpaired) electrons. The van der Waals surface area contributed by atoms with Crippen LogP contribution in [0.4, 0.5) is 5.69 Å². The van der Waals surface area contributed by atoms with E-state index in [0.29, 0.717) is 23.6 Å². The fourth-order valence-corrected chi connectivity index (χ4v) is 3.04. The van der Waals surface area contributed by atoms with Crippen LogP contribution in [0.1, 0.15) is 16.8 Å². The highest BCUT2D eigenvalue weighted by atomic mass is 35.5. The van der Waals surface area contributed by atoms with E-state index in [1.165, 1.54) is 6.07 Å². The highest BCUT2D eigenvalue weighted by Gasteiger charge is 2.36. The van der Waals surface area contributed by atoms with Gasteiger partial charge in [-0.25, -0.2) is 4.21 Å². The number of rotatable bonds is 1. The summed E-state index contributed by atoms with van der Waals surface area (Å²) in [4.78, 5) is 18.2. The molecule has 18 heavy (non-hydrogen) atoms. The first-order valence-electron chi connectivity index (χ1n) is 5.40. The molecular weight excluding hydrogens is 276 g/mol. The molecule has 1 N–H and O–H groups in total. The Morgan fingerprint density at radius 2 is 2.22 bits per heavy atom. The summed E-state index contributed by atoms with van der Waals surface area (Å²) in [5.41, 5.74) is 1.08. The van der Waals surface area contributed by atoms with Crippen molar-refractivity contribution in [2.75, 3.05) is 18.0 Å². The summed E-state index contributed by atoms with van der Waals surface area (Å²) in [6.45, 7) is 1.35. The van der Waals surface area contributed by atoms with E-state index in [0.717, 1.165) is 13.0 Å².